The van der Waals surface area contributed by atoms with E-state index in [-0.39, 0.29) is 17.6 Å². The summed E-state index contributed by atoms with van der Waals surface area (Å²) in [6.45, 7) is 0.628. The number of hydrogen-bond acceptors (Lipinski definition) is 3. The van der Waals surface area contributed by atoms with Gasteiger partial charge in [0.1, 0.15) is 0 Å². The van der Waals surface area contributed by atoms with Crippen LogP contribution in [0.2, 0.25) is 0 Å². The summed E-state index contributed by atoms with van der Waals surface area (Å²) in [5.41, 5.74) is 0.533. The predicted octanol–water partition coefficient (Wildman–Crippen LogP) is 1.44. The molecule has 6 heteroatoms. The fourth-order valence-corrected chi connectivity index (χ4v) is 1.72. The molecular weight excluding hydrogens is 304 g/mol. The maximum Gasteiger partial charge on any atom is 0.257 e. The molecule has 0 radical (unpaired) electrons. The Morgan fingerprint density at radius 2 is 2.24 bits per heavy atom. The van der Waals surface area contributed by atoms with E-state index in [4.69, 9.17) is 17.3 Å². The van der Waals surface area contributed by atoms with Crippen LogP contribution in [0.5, 0.6) is 0 Å². The van der Waals surface area contributed by atoms with Gasteiger partial charge < -0.3 is 10.4 Å². The van der Waals surface area contributed by atoms with Crippen LogP contribution in [-0.2, 0) is 0 Å². The third-order valence-electron chi connectivity index (χ3n) is 1.93. The van der Waals surface area contributed by atoms with E-state index in [0.29, 0.717) is 18.5 Å². The molecule has 0 saturated heterocycles. The molecule has 0 aliphatic heterocycles. The fourth-order valence-electron chi connectivity index (χ4n) is 1.13. The number of thiocarbonyl (C=S) groups is 1. The Labute approximate surface area is 114 Å². The molecule has 0 unspecified atom stereocenters. The zero-order chi connectivity index (χ0) is 12.7. The zero-order valence-corrected chi connectivity index (χ0v) is 11.5. The van der Waals surface area contributed by atoms with Gasteiger partial charge in [-0.15, -0.1) is 0 Å². The maximum absolute atomic E-state index is 11.7. The van der Waals surface area contributed by atoms with Crippen molar-refractivity contribution in [3.05, 3.63) is 34.3 Å². The summed E-state index contributed by atoms with van der Waals surface area (Å²) in [6, 6.07) is 7.04. The van der Waals surface area contributed by atoms with Gasteiger partial charge in [0.15, 0.2) is 5.11 Å². The number of benzene rings is 1. The molecule has 1 rings (SSSR count). The van der Waals surface area contributed by atoms with Gasteiger partial charge >= 0.3 is 0 Å². The van der Waals surface area contributed by atoms with Crippen LogP contribution in [0.15, 0.2) is 28.7 Å². The number of aliphatic hydroxyl groups is 1. The Bertz CT molecular complexity index is 412. The number of aliphatic hydroxyl groups excluding tert-OH is 1. The molecule has 1 amide bonds. The summed E-state index contributed by atoms with van der Waals surface area (Å²) >= 11 is 8.23. The van der Waals surface area contributed by atoms with Gasteiger partial charge in [0, 0.05) is 23.2 Å². The Balaban J connectivity index is 2.46. The van der Waals surface area contributed by atoms with Gasteiger partial charge in [-0.2, -0.15) is 0 Å². The highest BCUT2D eigenvalue weighted by atomic mass is 79.9. The van der Waals surface area contributed by atoms with Crippen LogP contribution < -0.4 is 10.6 Å². The van der Waals surface area contributed by atoms with Crippen molar-refractivity contribution < 1.29 is 9.90 Å². The van der Waals surface area contributed by atoms with Crippen LogP contribution in [0.25, 0.3) is 0 Å². The number of amides is 1. The fraction of sp³-hybridized carbons (Fsp3) is 0.273. The average Bonchev–Trinajstić information content (AvgIpc) is 2.29. The Morgan fingerprint density at radius 3 is 2.88 bits per heavy atom. The second kappa shape index (κ2) is 7.37. The minimum atomic E-state index is -0.257. The molecule has 92 valence electrons. The summed E-state index contributed by atoms with van der Waals surface area (Å²) < 4.78 is 0.837. The highest BCUT2D eigenvalue weighted by molar-refractivity contribution is 9.10. The van der Waals surface area contributed by atoms with E-state index in [1.54, 1.807) is 18.2 Å². The van der Waals surface area contributed by atoms with Crippen molar-refractivity contribution in [3.63, 3.8) is 0 Å². The van der Waals surface area contributed by atoms with Gasteiger partial charge in [-0.25, -0.2) is 0 Å². The smallest absolute Gasteiger partial charge is 0.257 e. The van der Waals surface area contributed by atoms with E-state index in [9.17, 15) is 4.79 Å². The Hall–Kier alpha value is -0.980. The van der Waals surface area contributed by atoms with Crippen LogP contribution in [0, 0.1) is 0 Å². The van der Waals surface area contributed by atoms with E-state index in [2.05, 4.69) is 26.6 Å². The molecule has 0 atom stereocenters. The highest BCUT2D eigenvalue weighted by Gasteiger charge is 2.07. The molecule has 4 nitrogen and oxygen atoms in total. The molecule has 0 heterocycles. The molecule has 0 aromatic heterocycles. The number of carbonyl (C=O) groups is 1. The molecular formula is C11H13BrN2O2S. The van der Waals surface area contributed by atoms with Gasteiger partial charge in [-0.3, -0.25) is 10.1 Å². The monoisotopic (exact) mass is 316 g/mol. The molecule has 0 aliphatic carbocycles. The lowest BCUT2D eigenvalue weighted by molar-refractivity contribution is 0.0976. The number of halogens is 1. The van der Waals surface area contributed by atoms with Crippen molar-refractivity contribution in [2.75, 3.05) is 13.2 Å². The summed E-state index contributed by atoms with van der Waals surface area (Å²) in [6.07, 6.45) is 0.590. The van der Waals surface area contributed by atoms with E-state index in [1.165, 1.54) is 0 Å². The predicted molar refractivity (Wildman–Crippen MR) is 73.9 cm³/mol. The molecule has 3 N–H and O–H groups in total. The van der Waals surface area contributed by atoms with Gasteiger partial charge in [-0.05, 0) is 36.8 Å². The number of hydrogen-bond donors (Lipinski definition) is 3. The molecule has 0 fully saturated rings. The summed E-state index contributed by atoms with van der Waals surface area (Å²) in [5.74, 6) is -0.257. The first-order chi connectivity index (χ1) is 8.13. The van der Waals surface area contributed by atoms with Crippen LogP contribution >= 0.6 is 28.1 Å². The van der Waals surface area contributed by atoms with Crippen molar-refractivity contribution in [1.29, 1.82) is 0 Å². The standard InChI is InChI=1S/C11H13BrN2O2S/c12-9-4-1-3-8(7-9)10(16)14-11(17)13-5-2-6-15/h1,3-4,7,15H,2,5-6H2,(H2,13,14,16,17). The topological polar surface area (TPSA) is 61.4 Å². The van der Waals surface area contributed by atoms with Crippen LogP contribution in [0.1, 0.15) is 16.8 Å². The summed E-state index contributed by atoms with van der Waals surface area (Å²) in [4.78, 5) is 11.7. The second-order valence-corrected chi connectivity index (χ2v) is 4.62. The van der Waals surface area contributed by atoms with Crippen LogP contribution in [0.3, 0.4) is 0 Å². The zero-order valence-electron chi connectivity index (χ0n) is 9.07. The van der Waals surface area contributed by atoms with Gasteiger partial charge in [0.25, 0.3) is 5.91 Å². The van der Waals surface area contributed by atoms with Gasteiger partial charge in [-0.1, -0.05) is 22.0 Å². The lowest BCUT2D eigenvalue weighted by Gasteiger charge is -2.08. The van der Waals surface area contributed by atoms with Crippen molar-refractivity contribution in [3.8, 4) is 0 Å². The lowest BCUT2D eigenvalue weighted by Crippen LogP contribution is -2.39. The Morgan fingerprint density at radius 1 is 1.47 bits per heavy atom. The second-order valence-electron chi connectivity index (χ2n) is 3.30. The van der Waals surface area contributed by atoms with E-state index < -0.39 is 0 Å². The Kier molecular flexibility index (Phi) is 6.10. The molecule has 0 bridgehead atoms. The number of rotatable bonds is 4. The highest BCUT2D eigenvalue weighted by Crippen LogP contribution is 2.11. The molecule has 1 aromatic rings. The van der Waals surface area contributed by atoms with Crippen molar-refractivity contribution in [1.82, 2.24) is 10.6 Å². The quantitative estimate of drug-likeness (QED) is 0.581. The van der Waals surface area contributed by atoms with Crippen molar-refractivity contribution >= 4 is 39.2 Å². The van der Waals surface area contributed by atoms with Crippen LogP contribution in [-0.4, -0.2) is 29.3 Å². The molecule has 0 spiro atoms. The first-order valence-corrected chi connectivity index (χ1v) is 6.29. The largest absolute Gasteiger partial charge is 0.396 e. The normalized spacial score (nSPS) is 9.76. The summed E-state index contributed by atoms with van der Waals surface area (Å²) in [5, 5.41) is 14.2. The molecule has 0 aliphatic rings. The van der Waals surface area contributed by atoms with Crippen molar-refractivity contribution in [2.24, 2.45) is 0 Å². The molecule has 17 heavy (non-hydrogen) atoms. The molecule has 1 aromatic carbocycles. The van der Waals surface area contributed by atoms with Crippen molar-refractivity contribution in [2.45, 2.75) is 6.42 Å². The van der Waals surface area contributed by atoms with Gasteiger partial charge in [0.05, 0.1) is 0 Å². The SMILES string of the molecule is O=C(NC(=S)NCCCO)c1cccc(Br)c1. The lowest BCUT2D eigenvalue weighted by atomic mass is 10.2. The number of nitrogens with one attached hydrogen (secondary N) is 2. The average molecular weight is 317 g/mol. The minimum absolute atomic E-state index is 0.0925. The first kappa shape index (κ1) is 14.1. The first-order valence-electron chi connectivity index (χ1n) is 5.09. The van der Waals surface area contributed by atoms with E-state index in [1.807, 2.05) is 6.07 Å². The minimum Gasteiger partial charge on any atom is -0.396 e. The van der Waals surface area contributed by atoms with E-state index in [0.717, 1.165) is 4.47 Å². The third kappa shape index (κ3) is 5.25. The third-order valence-corrected chi connectivity index (χ3v) is 2.67. The van der Waals surface area contributed by atoms with Gasteiger partial charge in [0.2, 0.25) is 0 Å². The number of carbonyl (C=O) groups excluding carboxylic acids is 1. The van der Waals surface area contributed by atoms with Crippen LogP contribution in [0.4, 0.5) is 0 Å². The molecule has 0 saturated carbocycles. The maximum atomic E-state index is 11.7. The van der Waals surface area contributed by atoms with E-state index >= 15 is 0 Å². The summed E-state index contributed by atoms with van der Waals surface area (Å²) in [7, 11) is 0.